The number of carbonyl (C=O) groups is 3. The molecule has 1 aromatic heterocycles. The Kier molecular flexibility index (Phi) is 9.37. The molecule has 222 valence electrons. The smallest absolute Gasteiger partial charge is 0.412 e. The van der Waals surface area contributed by atoms with Crippen LogP contribution in [0.5, 0.6) is 0 Å². The maximum absolute atomic E-state index is 13.0. The standard InChI is InChI=1S/C28H45N7O5/c1-7-31(8-2)21-18-22(30-26(29-21)32(9-3)10-4)33-14-16-34(17-15-33)27(38)40-19-39-23-20-12-11-13-35(20)25(37)28(5,6)24(23)36/h18,20,23H,7-17,19H2,1-6H3. The number of ether oxygens (including phenoxy) is 2. The van der Waals surface area contributed by atoms with Gasteiger partial charge in [0, 0.05) is 65.0 Å². The molecule has 1 aromatic rings. The van der Waals surface area contributed by atoms with Crippen LogP contribution in [0.1, 0.15) is 54.4 Å². The highest BCUT2D eigenvalue weighted by Crippen LogP contribution is 2.37. The van der Waals surface area contributed by atoms with E-state index < -0.39 is 17.6 Å². The Morgan fingerprint density at radius 2 is 1.62 bits per heavy atom. The van der Waals surface area contributed by atoms with Crippen molar-refractivity contribution in [2.45, 2.75) is 66.5 Å². The molecule has 3 fully saturated rings. The van der Waals surface area contributed by atoms with Gasteiger partial charge in [-0.05, 0) is 54.4 Å². The van der Waals surface area contributed by atoms with Crippen molar-refractivity contribution in [1.82, 2.24) is 19.8 Å². The van der Waals surface area contributed by atoms with Crippen molar-refractivity contribution in [3.8, 4) is 0 Å². The monoisotopic (exact) mass is 559 g/mol. The predicted octanol–water partition coefficient (Wildman–Crippen LogP) is 2.37. The first kappa shape index (κ1) is 29.8. The van der Waals surface area contributed by atoms with Crippen LogP contribution >= 0.6 is 0 Å². The minimum atomic E-state index is -1.14. The van der Waals surface area contributed by atoms with E-state index in [0.717, 1.165) is 44.2 Å². The number of piperazine rings is 1. The van der Waals surface area contributed by atoms with Crippen LogP contribution in [0.25, 0.3) is 0 Å². The minimum absolute atomic E-state index is 0.146. The molecule has 2 unspecified atom stereocenters. The molecular weight excluding hydrogens is 514 g/mol. The van der Waals surface area contributed by atoms with Crippen molar-refractivity contribution in [3.63, 3.8) is 0 Å². The molecule has 0 saturated carbocycles. The van der Waals surface area contributed by atoms with E-state index in [1.165, 1.54) is 0 Å². The molecule has 0 N–H and O–H groups in total. The number of amides is 2. The fraction of sp³-hybridized carbons (Fsp3) is 0.750. The van der Waals surface area contributed by atoms with E-state index in [1.807, 2.05) is 6.07 Å². The van der Waals surface area contributed by atoms with Gasteiger partial charge in [-0.25, -0.2) is 4.79 Å². The second-order valence-corrected chi connectivity index (χ2v) is 11.0. The highest BCUT2D eigenvalue weighted by Gasteiger charge is 2.54. The topological polar surface area (TPSA) is 112 Å². The Morgan fingerprint density at radius 3 is 2.25 bits per heavy atom. The summed E-state index contributed by atoms with van der Waals surface area (Å²) in [5, 5.41) is 0. The lowest BCUT2D eigenvalue weighted by Crippen LogP contribution is -2.62. The molecule has 3 aliphatic rings. The molecule has 0 bridgehead atoms. The molecular formula is C28H45N7O5. The fourth-order valence-electron chi connectivity index (χ4n) is 5.84. The first-order chi connectivity index (χ1) is 19.2. The summed E-state index contributed by atoms with van der Waals surface area (Å²) in [5.74, 6) is 2.07. The molecule has 4 rings (SSSR count). The van der Waals surface area contributed by atoms with Crippen molar-refractivity contribution in [1.29, 1.82) is 0 Å². The van der Waals surface area contributed by atoms with Crippen LogP contribution in [0.4, 0.5) is 22.4 Å². The molecule has 0 radical (unpaired) electrons. The van der Waals surface area contributed by atoms with Crippen LogP contribution in [0, 0.1) is 5.41 Å². The first-order valence-electron chi connectivity index (χ1n) is 14.7. The Morgan fingerprint density at radius 1 is 0.975 bits per heavy atom. The quantitative estimate of drug-likeness (QED) is 0.313. The number of piperidine rings is 1. The van der Waals surface area contributed by atoms with Crippen molar-refractivity contribution in [2.24, 2.45) is 5.41 Å². The molecule has 2 atom stereocenters. The van der Waals surface area contributed by atoms with Crippen LogP contribution in [-0.2, 0) is 19.1 Å². The number of ketones is 1. The van der Waals surface area contributed by atoms with E-state index in [0.29, 0.717) is 45.1 Å². The highest BCUT2D eigenvalue weighted by atomic mass is 16.7. The highest BCUT2D eigenvalue weighted by molar-refractivity contribution is 6.10. The van der Waals surface area contributed by atoms with Gasteiger partial charge in [0.25, 0.3) is 0 Å². The summed E-state index contributed by atoms with van der Waals surface area (Å²) < 4.78 is 11.2. The SMILES string of the molecule is CCN(CC)c1cc(N2CCN(C(=O)OCOC3C(=O)C(C)(C)C(=O)N4CCCC34)CC2)nc(N(CC)CC)n1. The first-order valence-corrected chi connectivity index (χ1v) is 14.7. The lowest BCUT2D eigenvalue weighted by molar-refractivity contribution is -0.173. The predicted molar refractivity (Wildman–Crippen MR) is 153 cm³/mol. The Hall–Kier alpha value is -3.15. The summed E-state index contributed by atoms with van der Waals surface area (Å²) in [5.41, 5.74) is -1.14. The molecule has 0 spiro atoms. The van der Waals surface area contributed by atoms with Crippen LogP contribution in [0.2, 0.25) is 0 Å². The third-order valence-electron chi connectivity index (χ3n) is 8.43. The molecule has 2 amide bonds. The average Bonchev–Trinajstić information content (AvgIpc) is 3.45. The molecule has 40 heavy (non-hydrogen) atoms. The van der Waals surface area contributed by atoms with E-state index in [4.69, 9.17) is 19.4 Å². The summed E-state index contributed by atoms with van der Waals surface area (Å²) in [6.45, 7) is 17.5. The van der Waals surface area contributed by atoms with Gasteiger partial charge in [0.2, 0.25) is 11.9 Å². The number of rotatable bonds is 10. The summed E-state index contributed by atoms with van der Waals surface area (Å²) in [4.78, 5) is 58.2. The zero-order valence-corrected chi connectivity index (χ0v) is 24.9. The van der Waals surface area contributed by atoms with Crippen molar-refractivity contribution in [2.75, 3.05) is 80.4 Å². The lowest BCUT2D eigenvalue weighted by atomic mass is 9.77. The van der Waals surface area contributed by atoms with Gasteiger partial charge in [0.05, 0.1) is 6.04 Å². The van der Waals surface area contributed by atoms with Gasteiger partial charge in [0.15, 0.2) is 12.6 Å². The normalized spacial score (nSPS) is 22.4. The number of Topliss-reactive ketones (excluding diaryl/α,β-unsaturated/α-hetero) is 1. The van der Waals surface area contributed by atoms with Crippen LogP contribution in [0.3, 0.4) is 0 Å². The number of aromatic nitrogens is 2. The number of anilines is 3. The van der Waals surface area contributed by atoms with Crippen LogP contribution in [-0.4, -0.2) is 115 Å². The average molecular weight is 560 g/mol. The molecule has 12 nitrogen and oxygen atoms in total. The van der Waals surface area contributed by atoms with E-state index in [9.17, 15) is 14.4 Å². The summed E-state index contributed by atoms with van der Waals surface area (Å²) in [6.07, 6.45) is 0.293. The van der Waals surface area contributed by atoms with E-state index >= 15 is 0 Å². The van der Waals surface area contributed by atoms with Gasteiger partial charge in [0.1, 0.15) is 23.2 Å². The van der Waals surface area contributed by atoms with Crippen molar-refractivity contribution >= 4 is 35.4 Å². The Balaban J connectivity index is 1.35. The van der Waals surface area contributed by atoms with Gasteiger partial charge in [-0.2, -0.15) is 9.97 Å². The van der Waals surface area contributed by atoms with E-state index in [2.05, 4.69) is 42.4 Å². The van der Waals surface area contributed by atoms with Gasteiger partial charge in [-0.1, -0.05) is 0 Å². The van der Waals surface area contributed by atoms with E-state index in [-0.39, 0.29) is 24.5 Å². The Bertz CT molecular complexity index is 1040. The maximum atomic E-state index is 13.0. The minimum Gasteiger partial charge on any atom is -0.422 e. The third kappa shape index (κ3) is 5.82. The van der Waals surface area contributed by atoms with Crippen LogP contribution in [0.15, 0.2) is 6.07 Å². The molecule has 3 saturated heterocycles. The second kappa shape index (κ2) is 12.6. The molecule has 4 heterocycles. The number of carbonyl (C=O) groups excluding carboxylic acids is 3. The molecule has 12 heteroatoms. The second-order valence-electron chi connectivity index (χ2n) is 11.0. The number of hydrogen-bond donors (Lipinski definition) is 0. The van der Waals surface area contributed by atoms with E-state index in [1.54, 1.807) is 23.6 Å². The third-order valence-corrected chi connectivity index (χ3v) is 8.43. The summed E-state index contributed by atoms with van der Waals surface area (Å²) in [6, 6.07) is 1.74. The maximum Gasteiger partial charge on any atom is 0.412 e. The lowest BCUT2D eigenvalue weighted by Gasteiger charge is -2.42. The zero-order chi connectivity index (χ0) is 29.0. The summed E-state index contributed by atoms with van der Waals surface area (Å²) in [7, 11) is 0. The molecule has 3 aliphatic heterocycles. The Labute approximate surface area is 237 Å². The van der Waals surface area contributed by atoms with Crippen molar-refractivity contribution < 1.29 is 23.9 Å². The number of hydrogen-bond acceptors (Lipinski definition) is 10. The van der Waals surface area contributed by atoms with Crippen molar-refractivity contribution in [3.05, 3.63) is 6.07 Å². The van der Waals surface area contributed by atoms with Crippen LogP contribution < -0.4 is 14.7 Å². The van der Waals surface area contributed by atoms with Gasteiger partial charge < -0.3 is 34.0 Å². The van der Waals surface area contributed by atoms with Gasteiger partial charge in [-0.15, -0.1) is 0 Å². The largest absolute Gasteiger partial charge is 0.422 e. The zero-order valence-electron chi connectivity index (χ0n) is 24.9. The van der Waals surface area contributed by atoms with Gasteiger partial charge in [-0.3, -0.25) is 9.59 Å². The molecule has 0 aromatic carbocycles. The number of fused-ring (bicyclic) bond motifs is 1. The fourth-order valence-corrected chi connectivity index (χ4v) is 5.84. The van der Waals surface area contributed by atoms with Gasteiger partial charge >= 0.3 is 6.09 Å². The molecule has 0 aliphatic carbocycles. The summed E-state index contributed by atoms with van der Waals surface area (Å²) >= 11 is 0. The number of nitrogens with zero attached hydrogens (tertiary/aromatic N) is 7.